The maximum Gasteiger partial charge on any atom is 0.122 e. The summed E-state index contributed by atoms with van der Waals surface area (Å²) in [7, 11) is 0. The number of aryl methyl sites for hydroxylation is 1. The highest BCUT2D eigenvalue weighted by atomic mass is 16.3. The van der Waals surface area contributed by atoms with Gasteiger partial charge in [0.2, 0.25) is 0 Å². The van der Waals surface area contributed by atoms with Crippen molar-refractivity contribution in [2.24, 2.45) is 0 Å². The highest BCUT2D eigenvalue weighted by Gasteiger charge is 2.03. The zero-order valence-corrected chi connectivity index (χ0v) is 9.14. The van der Waals surface area contributed by atoms with Gasteiger partial charge in [-0.25, -0.2) is 0 Å². The summed E-state index contributed by atoms with van der Waals surface area (Å²) in [6.07, 6.45) is 0.673. The van der Waals surface area contributed by atoms with Crippen molar-refractivity contribution in [3.63, 3.8) is 0 Å². The Kier molecular flexibility index (Phi) is 2.82. The molecule has 16 heavy (non-hydrogen) atoms. The molecule has 0 aromatic heterocycles. The molecule has 2 nitrogen and oxygen atoms in total. The van der Waals surface area contributed by atoms with Gasteiger partial charge >= 0.3 is 0 Å². The molecule has 82 valence electrons. The third kappa shape index (κ3) is 2.34. The monoisotopic (exact) mass is 214 g/mol. The van der Waals surface area contributed by atoms with Crippen molar-refractivity contribution in [2.45, 2.75) is 13.3 Å². The van der Waals surface area contributed by atoms with E-state index in [0.29, 0.717) is 6.42 Å². The second-order valence-corrected chi connectivity index (χ2v) is 3.98. The van der Waals surface area contributed by atoms with Crippen LogP contribution in [0.4, 0.5) is 0 Å². The van der Waals surface area contributed by atoms with E-state index in [-0.39, 0.29) is 11.5 Å². The summed E-state index contributed by atoms with van der Waals surface area (Å²) in [6, 6.07) is 12.9. The van der Waals surface area contributed by atoms with E-state index >= 15 is 0 Å². The zero-order valence-electron chi connectivity index (χ0n) is 9.14. The fourth-order valence-electron chi connectivity index (χ4n) is 1.63. The molecule has 0 radical (unpaired) electrons. The van der Waals surface area contributed by atoms with Crippen LogP contribution in [-0.2, 0) is 6.42 Å². The van der Waals surface area contributed by atoms with Gasteiger partial charge in [0.25, 0.3) is 0 Å². The van der Waals surface area contributed by atoms with Crippen molar-refractivity contribution >= 4 is 0 Å². The van der Waals surface area contributed by atoms with E-state index in [0.717, 1.165) is 11.1 Å². The van der Waals surface area contributed by atoms with Gasteiger partial charge in [-0.15, -0.1) is 0 Å². The van der Waals surface area contributed by atoms with Crippen LogP contribution in [-0.4, -0.2) is 10.2 Å². The van der Waals surface area contributed by atoms with Crippen LogP contribution in [0, 0.1) is 6.92 Å². The smallest absolute Gasteiger partial charge is 0.122 e. The van der Waals surface area contributed by atoms with E-state index in [2.05, 4.69) is 0 Å². The summed E-state index contributed by atoms with van der Waals surface area (Å²) >= 11 is 0. The Balaban J connectivity index is 2.23. The maximum atomic E-state index is 9.65. The van der Waals surface area contributed by atoms with Crippen LogP contribution in [0.25, 0.3) is 0 Å². The van der Waals surface area contributed by atoms with Crippen LogP contribution in [0.2, 0.25) is 0 Å². The summed E-state index contributed by atoms with van der Waals surface area (Å²) in [5.74, 6) is 0.228. The topological polar surface area (TPSA) is 40.5 Å². The van der Waals surface area contributed by atoms with Gasteiger partial charge in [-0.05, 0) is 24.1 Å². The Labute approximate surface area is 94.8 Å². The molecule has 2 heteroatoms. The molecule has 0 atom stereocenters. The molecule has 2 N–H and O–H groups in total. The van der Waals surface area contributed by atoms with Crippen molar-refractivity contribution < 1.29 is 10.2 Å². The largest absolute Gasteiger partial charge is 0.508 e. The highest BCUT2D eigenvalue weighted by Crippen LogP contribution is 2.24. The van der Waals surface area contributed by atoms with Crippen molar-refractivity contribution in [2.75, 3.05) is 0 Å². The van der Waals surface area contributed by atoms with Gasteiger partial charge in [0.15, 0.2) is 0 Å². The first kappa shape index (κ1) is 10.6. The first-order chi connectivity index (χ1) is 7.65. The summed E-state index contributed by atoms with van der Waals surface area (Å²) < 4.78 is 0. The molecule has 0 aliphatic rings. The lowest BCUT2D eigenvalue weighted by Crippen LogP contribution is -1.88. The Morgan fingerprint density at radius 3 is 2.25 bits per heavy atom. The molecular weight excluding hydrogens is 200 g/mol. The van der Waals surface area contributed by atoms with Crippen LogP contribution in [0.1, 0.15) is 16.7 Å². The van der Waals surface area contributed by atoms with Gasteiger partial charge in [-0.2, -0.15) is 0 Å². The summed E-state index contributed by atoms with van der Waals surface area (Å²) in [5.41, 5.74) is 3.19. The number of aromatic hydroxyl groups is 2. The van der Waals surface area contributed by atoms with Crippen LogP contribution in [0.5, 0.6) is 11.5 Å². The molecule has 0 aliphatic heterocycles. The van der Waals surface area contributed by atoms with E-state index < -0.39 is 0 Å². The predicted octanol–water partition coefficient (Wildman–Crippen LogP) is 3.00. The number of rotatable bonds is 2. The summed E-state index contributed by atoms with van der Waals surface area (Å²) in [6.45, 7) is 2.04. The summed E-state index contributed by atoms with van der Waals surface area (Å²) in [5, 5.41) is 18.8. The molecule has 0 amide bonds. The van der Waals surface area contributed by atoms with E-state index in [9.17, 15) is 10.2 Å². The van der Waals surface area contributed by atoms with E-state index in [4.69, 9.17) is 0 Å². The molecule has 2 rings (SSSR count). The lowest BCUT2D eigenvalue weighted by Gasteiger charge is -2.05. The fraction of sp³-hybridized carbons (Fsp3) is 0.143. The highest BCUT2D eigenvalue weighted by molar-refractivity contribution is 5.41. The molecule has 0 unspecified atom stereocenters. The van der Waals surface area contributed by atoms with Crippen molar-refractivity contribution in [3.8, 4) is 11.5 Å². The van der Waals surface area contributed by atoms with E-state index in [1.807, 2.05) is 31.2 Å². The van der Waals surface area contributed by atoms with Crippen molar-refractivity contribution in [1.82, 2.24) is 0 Å². The molecule has 0 aliphatic carbocycles. The second-order valence-electron chi connectivity index (χ2n) is 3.98. The summed E-state index contributed by atoms with van der Waals surface area (Å²) in [4.78, 5) is 0. The van der Waals surface area contributed by atoms with Gasteiger partial charge in [0.1, 0.15) is 11.5 Å². The van der Waals surface area contributed by atoms with Crippen LogP contribution in [0.15, 0.2) is 42.5 Å². The van der Waals surface area contributed by atoms with E-state index in [1.54, 1.807) is 12.1 Å². The molecule has 0 fully saturated rings. The number of hydrogen-bond acceptors (Lipinski definition) is 2. The van der Waals surface area contributed by atoms with Crippen LogP contribution in [0.3, 0.4) is 0 Å². The van der Waals surface area contributed by atoms with Crippen molar-refractivity contribution in [1.29, 1.82) is 0 Å². The van der Waals surface area contributed by atoms with Gasteiger partial charge in [0.05, 0.1) is 0 Å². The molecule has 0 bridgehead atoms. The average molecular weight is 214 g/mol. The Morgan fingerprint density at radius 2 is 1.62 bits per heavy atom. The third-order valence-corrected chi connectivity index (χ3v) is 2.58. The fourth-order valence-corrected chi connectivity index (χ4v) is 1.63. The van der Waals surface area contributed by atoms with Gasteiger partial charge in [0, 0.05) is 12.5 Å². The van der Waals surface area contributed by atoms with E-state index in [1.165, 1.54) is 11.6 Å². The SMILES string of the molecule is Cc1ccc(Cc2ccc(O)cc2O)cc1. The maximum absolute atomic E-state index is 9.65. The average Bonchev–Trinajstić information content (AvgIpc) is 2.25. The zero-order chi connectivity index (χ0) is 11.5. The second kappa shape index (κ2) is 4.27. The lowest BCUT2D eigenvalue weighted by atomic mass is 10.0. The minimum atomic E-state index is 0.0881. The van der Waals surface area contributed by atoms with Gasteiger partial charge < -0.3 is 10.2 Å². The minimum Gasteiger partial charge on any atom is -0.508 e. The third-order valence-electron chi connectivity index (χ3n) is 2.58. The molecule has 0 saturated heterocycles. The van der Waals surface area contributed by atoms with Crippen LogP contribution >= 0.6 is 0 Å². The Morgan fingerprint density at radius 1 is 0.938 bits per heavy atom. The lowest BCUT2D eigenvalue weighted by molar-refractivity contribution is 0.447. The predicted molar refractivity (Wildman–Crippen MR) is 63.8 cm³/mol. The molecule has 0 heterocycles. The minimum absolute atomic E-state index is 0.0881. The normalized spacial score (nSPS) is 10.3. The molecule has 0 spiro atoms. The number of benzene rings is 2. The number of phenolic OH excluding ortho intramolecular Hbond substituents is 2. The Bertz CT molecular complexity index is 487. The first-order valence-electron chi connectivity index (χ1n) is 5.21. The van der Waals surface area contributed by atoms with Gasteiger partial charge in [-0.1, -0.05) is 35.9 Å². The molecular formula is C14H14O2. The number of hydrogen-bond donors (Lipinski definition) is 2. The number of phenols is 2. The molecule has 2 aromatic carbocycles. The quantitative estimate of drug-likeness (QED) is 0.806. The molecule has 0 saturated carbocycles. The van der Waals surface area contributed by atoms with Crippen LogP contribution < -0.4 is 0 Å². The van der Waals surface area contributed by atoms with Gasteiger partial charge in [-0.3, -0.25) is 0 Å². The first-order valence-corrected chi connectivity index (χ1v) is 5.21. The standard InChI is InChI=1S/C14H14O2/c1-10-2-4-11(5-3-10)8-12-6-7-13(15)9-14(12)16/h2-7,9,15-16H,8H2,1H3. The Hall–Kier alpha value is -1.96. The van der Waals surface area contributed by atoms with Crippen molar-refractivity contribution in [3.05, 3.63) is 59.2 Å². The molecule has 2 aromatic rings.